The second-order valence-electron chi connectivity index (χ2n) is 25.4. The van der Waals surface area contributed by atoms with Crippen LogP contribution in [0.1, 0.15) is 108 Å². The highest BCUT2D eigenvalue weighted by Gasteiger charge is 2.41. The lowest BCUT2D eigenvalue weighted by Gasteiger charge is -2.38. The van der Waals surface area contributed by atoms with Crippen LogP contribution in [0.3, 0.4) is 0 Å². The number of aromatic hydroxyl groups is 1. The zero-order valence-electron chi connectivity index (χ0n) is 52.9. The number of ether oxygens (including phenoxy) is 5. The lowest BCUT2D eigenvalue weighted by atomic mass is 9.83. The normalized spacial score (nSPS) is 18.5. The molecule has 90 heavy (non-hydrogen) atoms. The van der Waals surface area contributed by atoms with E-state index in [0.717, 1.165) is 157 Å². The first-order valence-corrected chi connectivity index (χ1v) is 33.2. The van der Waals surface area contributed by atoms with E-state index in [2.05, 4.69) is 56.2 Å². The third-order valence-electron chi connectivity index (χ3n) is 18.3. The molecule has 5 aliphatic rings. The first kappa shape index (κ1) is 64.0. The summed E-state index contributed by atoms with van der Waals surface area (Å²) < 4.78 is 30.6. The quantitative estimate of drug-likeness (QED) is 0.0479. The van der Waals surface area contributed by atoms with Crippen molar-refractivity contribution in [1.82, 2.24) is 39.9 Å². The van der Waals surface area contributed by atoms with Gasteiger partial charge in [-0.1, -0.05) is 74.4 Å². The fraction of sp³-hybridized carbons (Fsp3) is 0.522. The smallest absolute Gasteiger partial charge is 0.410 e. The van der Waals surface area contributed by atoms with Crippen LogP contribution in [0.15, 0.2) is 90.8 Å². The van der Waals surface area contributed by atoms with Crippen LogP contribution < -0.4 is 24.6 Å². The van der Waals surface area contributed by atoms with Crippen molar-refractivity contribution in [1.29, 1.82) is 0 Å². The van der Waals surface area contributed by atoms with Crippen LogP contribution in [0.2, 0.25) is 0 Å². The molecule has 20 nitrogen and oxygen atoms in total. The summed E-state index contributed by atoms with van der Waals surface area (Å²) in [5.41, 5.74) is 4.08. The molecule has 0 radical (unpaired) electrons. The van der Waals surface area contributed by atoms with Gasteiger partial charge < -0.3 is 53.7 Å². The SMILES string of the molecule is C=CC(=O)N1CCN(c2nc(OCCN3CCC(OCCOCCOc4ccc(-c5csc([C@@H]6CCCN6C(=O)[C@@H](NC(=O)[C@H](C)N(C)C(=O)OC(C)(C)C)C6CCCCC6)n5)c5ccccc45)CC3)nc3c2CCN(c2cc(O)cc4ccccc24)C3)CC1. The first-order chi connectivity index (χ1) is 43.6. The van der Waals surface area contributed by atoms with E-state index in [0.29, 0.717) is 78.3 Å². The zero-order valence-corrected chi connectivity index (χ0v) is 53.7. The lowest BCUT2D eigenvalue weighted by molar-refractivity contribution is -0.140. The number of piperazine rings is 1. The topological polar surface area (TPSA) is 205 Å². The van der Waals surface area contributed by atoms with Crippen molar-refractivity contribution in [3.8, 4) is 28.8 Å². The number of phenolic OH excluding ortho intramolecular Hbond substituents is 1. The number of hydrogen-bond acceptors (Lipinski definition) is 17. The summed E-state index contributed by atoms with van der Waals surface area (Å²) in [6, 6.07) is 22.6. The molecule has 4 amide bonds. The Morgan fingerprint density at radius 3 is 2.30 bits per heavy atom. The van der Waals surface area contributed by atoms with Gasteiger partial charge >= 0.3 is 12.1 Å². The first-order valence-electron chi connectivity index (χ1n) is 32.3. The molecule has 4 aliphatic heterocycles. The minimum absolute atomic E-state index is 0.00465. The van der Waals surface area contributed by atoms with Gasteiger partial charge in [0, 0.05) is 105 Å². The summed E-state index contributed by atoms with van der Waals surface area (Å²) in [4.78, 5) is 81.1. The van der Waals surface area contributed by atoms with Crippen molar-refractivity contribution in [2.45, 2.75) is 128 Å². The van der Waals surface area contributed by atoms with Gasteiger partial charge in [0.25, 0.3) is 0 Å². The Labute approximate surface area is 532 Å². The molecule has 0 unspecified atom stereocenters. The number of benzene rings is 4. The van der Waals surface area contributed by atoms with Crippen molar-refractivity contribution in [2.24, 2.45) is 5.92 Å². The Balaban J connectivity index is 0.631. The predicted molar refractivity (Wildman–Crippen MR) is 349 cm³/mol. The molecule has 6 aromatic rings. The molecule has 21 heteroatoms. The number of nitrogens with zero attached hydrogens (tertiary/aromatic N) is 9. The van der Waals surface area contributed by atoms with Gasteiger partial charge in [0.1, 0.15) is 53.2 Å². The van der Waals surface area contributed by atoms with Crippen LogP contribution >= 0.6 is 11.3 Å². The van der Waals surface area contributed by atoms with Gasteiger partial charge in [0.05, 0.1) is 49.9 Å². The third-order valence-corrected chi connectivity index (χ3v) is 19.3. The number of thiazole rings is 1. The van der Waals surface area contributed by atoms with Gasteiger partial charge in [-0.05, 0) is 114 Å². The van der Waals surface area contributed by atoms with Gasteiger partial charge in [0.15, 0.2) is 0 Å². The number of piperidine rings is 1. The molecule has 0 bridgehead atoms. The van der Waals surface area contributed by atoms with E-state index in [9.17, 15) is 24.3 Å². The minimum atomic E-state index is -0.835. The maximum atomic E-state index is 14.7. The fourth-order valence-corrected chi connectivity index (χ4v) is 14.3. The fourth-order valence-electron chi connectivity index (χ4n) is 13.3. The van der Waals surface area contributed by atoms with E-state index in [-0.39, 0.29) is 41.5 Å². The molecule has 4 aromatic carbocycles. The predicted octanol–water partition coefficient (Wildman–Crippen LogP) is 9.95. The Bertz CT molecular complexity index is 3500. The Morgan fingerprint density at radius 1 is 0.789 bits per heavy atom. The van der Waals surface area contributed by atoms with E-state index in [4.69, 9.17) is 38.6 Å². The summed E-state index contributed by atoms with van der Waals surface area (Å²) in [5, 5.41) is 20.8. The molecule has 3 atom stereocenters. The number of aromatic nitrogens is 3. The summed E-state index contributed by atoms with van der Waals surface area (Å²) in [7, 11) is 1.55. The summed E-state index contributed by atoms with van der Waals surface area (Å²) >= 11 is 1.56. The van der Waals surface area contributed by atoms with Crippen molar-refractivity contribution in [3.05, 3.63) is 107 Å². The molecule has 480 valence electrons. The minimum Gasteiger partial charge on any atom is -0.508 e. The van der Waals surface area contributed by atoms with E-state index >= 15 is 0 Å². The summed E-state index contributed by atoms with van der Waals surface area (Å²) in [5.74, 6) is 1.34. The Morgan fingerprint density at radius 2 is 1.53 bits per heavy atom. The largest absolute Gasteiger partial charge is 0.508 e. The number of fused-ring (bicyclic) bond motifs is 3. The van der Waals surface area contributed by atoms with Crippen molar-refractivity contribution in [2.75, 3.05) is 109 Å². The molecular weight excluding hydrogens is 1160 g/mol. The van der Waals surface area contributed by atoms with Gasteiger partial charge in [-0.25, -0.2) is 9.78 Å². The molecule has 2 N–H and O–H groups in total. The summed E-state index contributed by atoms with van der Waals surface area (Å²) in [6.07, 6.45) is 9.93. The number of carbonyl (C=O) groups excluding carboxylic acids is 4. The van der Waals surface area contributed by atoms with Crippen LogP contribution in [0, 0.1) is 5.92 Å². The number of rotatable bonds is 22. The van der Waals surface area contributed by atoms with E-state index in [1.165, 1.54) is 11.0 Å². The van der Waals surface area contributed by atoms with Crippen molar-refractivity contribution < 1.29 is 48.0 Å². The Kier molecular flexibility index (Phi) is 20.7. The molecule has 6 heterocycles. The molecule has 2 aromatic heterocycles. The van der Waals surface area contributed by atoms with E-state index in [1.54, 1.807) is 52.1 Å². The van der Waals surface area contributed by atoms with Crippen LogP contribution in [0.5, 0.6) is 17.5 Å². The highest BCUT2D eigenvalue weighted by molar-refractivity contribution is 7.10. The molecule has 0 spiro atoms. The number of phenols is 1. The standard InChI is InChI=1S/C69H88N10O10S/c1-7-61(81)76-32-34-77(35-33-76)63-55-27-31-78(59-43-49(80)42-48-18-11-12-19-51(48)59)44-56(55)71-67(73-63)88-37-36-75-29-25-50(26-30-75)86-40-38-85-39-41-87-60-24-23-53(52-20-13-14-21-54(52)60)57-45-90-65(70-57)58-22-15-28-79(58)66(83)62(47-16-9-8-10-17-47)72-64(82)46(2)74(6)68(84)89-69(3,4)5/h7,11-14,18-21,23-24,42-43,45-47,50,58,62,80H,1,8-10,15-17,22,25-41,44H2,2-6H3,(H,72,82)/t46-,58-,62-/m0/s1. The lowest BCUT2D eigenvalue weighted by Crippen LogP contribution is -2.56. The van der Waals surface area contributed by atoms with Gasteiger partial charge in [-0.2, -0.15) is 9.97 Å². The van der Waals surface area contributed by atoms with Crippen LogP contribution in [-0.4, -0.2) is 186 Å². The maximum absolute atomic E-state index is 14.7. The number of likely N-dealkylation sites (N-methyl/N-ethyl adjacent to an activating group) is 1. The van der Waals surface area contributed by atoms with Crippen molar-refractivity contribution >= 4 is 68.2 Å². The van der Waals surface area contributed by atoms with E-state index in [1.807, 2.05) is 52.3 Å². The third kappa shape index (κ3) is 15.2. The average molecular weight is 1250 g/mol. The molecule has 1 aliphatic carbocycles. The average Bonchev–Trinajstić information content (AvgIpc) is 1.25. The summed E-state index contributed by atoms with van der Waals surface area (Å²) in [6.45, 7) is 19.7. The van der Waals surface area contributed by atoms with E-state index < -0.39 is 23.8 Å². The highest BCUT2D eigenvalue weighted by atomic mass is 32.1. The monoisotopic (exact) mass is 1250 g/mol. The number of likely N-dealkylation sites (tertiary alicyclic amines) is 2. The number of carbonyl (C=O) groups is 4. The second-order valence-corrected chi connectivity index (χ2v) is 26.3. The van der Waals surface area contributed by atoms with Crippen molar-refractivity contribution in [3.63, 3.8) is 0 Å². The molecule has 11 rings (SSSR count). The Hall–Kier alpha value is -7.59. The maximum Gasteiger partial charge on any atom is 0.410 e. The zero-order chi connectivity index (χ0) is 62.9. The second kappa shape index (κ2) is 29.1. The molecule has 3 saturated heterocycles. The van der Waals surface area contributed by atoms with Crippen LogP contribution in [0.4, 0.5) is 16.3 Å². The van der Waals surface area contributed by atoms with Gasteiger partial charge in [-0.3, -0.25) is 24.2 Å². The number of anilines is 2. The number of hydrogen-bond donors (Lipinski definition) is 2. The van der Waals surface area contributed by atoms with Crippen LogP contribution in [0.25, 0.3) is 32.8 Å². The molecule has 4 fully saturated rings. The molecule has 1 saturated carbocycles. The van der Waals surface area contributed by atoms with Gasteiger partial charge in [-0.15, -0.1) is 11.3 Å². The van der Waals surface area contributed by atoms with Crippen LogP contribution in [-0.2, 0) is 41.6 Å². The number of amides is 4. The molecular formula is C69H88N10O10S. The van der Waals surface area contributed by atoms with Gasteiger partial charge in [0.2, 0.25) is 17.7 Å². The number of nitrogens with one attached hydrogen (secondary N) is 1. The highest BCUT2D eigenvalue weighted by Crippen LogP contribution is 2.41.